The molecule has 102 valence electrons. The quantitative estimate of drug-likeness (QED) is 0.795. The molecule has 2 aromatic rings. The Bertz CT molecular complexity index is 796. The van der Waals surface area contributed by atoms with Crippen LogP contribution in [0.2, 0.25) is 0 Å². The topological polar surface area (TPSA) is 48.5 Å². The molecule has 0 amide bonds. The zero-order valence-corrected chi connectivity index (χ0v) is 12.6. The molecular formula is C17H13N3S. The van der Waals surface area contributed by atoms with Crippen LogP contribution in [-0.4, -0.2) is 17.1 Å². The maximum Gasteiger partial charge on any atom is 0.161 e. The second-order valence-corrected chi connectivity index (χ2v) is 5.53. The molecule has 1 aliphatic rings. The van der Waals surface area contributed by atoms with Gasteiger partial charge >= 0.3 is 0 Å². The van der Waals surface area contributed by atoms with Gasteiger partial charge in [0, 0.05) is 11.1 Å². The predicted molar refractivity (Wildman–Crippen MR) is 88.6 cm³/mol. The molecule has 0 aliphatic carbocycles. The average molecular weight is 291 g/mol. The first kappa shape index (κ1) is 13.6. The van der Waals surface area contributed by atoms with Gasteiger partial charge in [0.1, 0.15) is 5.04 Å². The van der Waals surface area contributed by atoms with E-state index < -0.39 is 0 Å². The fourth-order valence-corrected chi connectivity index (χ4v) is 2.85. The molecular weight excluding hydrogens is 278 g/mol. The van der Waals surface area contributed by atoms with Crippen LogP contribution in [0.15, 0.2) is 52.4 Å². The van der Waals surface area contributed by atoms with Crippen LogP contribution in [0.4, 0.5) is 5.69 Å². The van der Waals surface area contributed by atoms with Crippen molar-refractivity contribution in [3.63, 3.8) is 0 Å². The largest absolute Gasteiger partial charge is 0.229 e. The molecule has 3 nitrogen and oxygen atoms in total. The summed E-state index contributed by atoms with van der Waals surface area (Å²) in [6.07, 6.45) is 1.96. The van der Waals surface area contributed by atoms with E-state index in [1.807, 2.05) is 55.6 Å². The summed E-state index contributed by atoms with van der Waals surface area (Å²) in [5.74, 6) is 0.676. The number of nitrogens with zero attached hydrogens (tertiary/aromatic N) is 3. The summed E-state index contributed by atoms with van der Waals surface area (Å²) in [6, 6.07) is 15.9. The van der Waals surface area contributed by atoms with Gasteiger partial charge in [0.05, 0.1) is 17.3 Å². The van der Waals surface area contributed by atoms with E-state index in [-0.39, 0.29) is 0 Å². The van der Waals surface area contributed by atoms with Gasteiger partial charge in [-0.1, -0.05) is 29.8 Å². The maximum absolute atomic E-state index is 9.27. The van der Waals surface area contributed by atoms with E-state index in [9.17, 15) is 5.26 Å². The maximum atomic E-state index is 9.27. The van der Waals surface area contributed by atoms with E-state index >= 15 is 0 Å². The van der Waals surface area contributed by atoms with Crippen molar-refractivity contribution in [2.75, 3.05) is 6.26 Å². The Labute approximate surface area is 128 Å². The number of aliphatic imine (C=N–C) groups is 2. The van der Waals surface area contributed by atoms with Crippen molar-refractivity contribution in [1.29, 1.82) is 5.26 Å². The third-order valence-corrected chi connectivity index (χ3v) is 3.99. The lowest BCUT2D eigenvalue weighted by atomic mass is 10.0. The molecule has 0 unspecified atom stereocenters. The van der Waals surface area contributed by atoms with E-state index in [4.69, 9.17) is 0 Å². The van der Waals surface area contributed by atoms with Crippen molar-refractivity contribution in [2.45, 2.75) is 6.92 Å². The van der Waals surface area contributed by atoms with E-state index in [0.29, 0.717) is 11.4 Å². The summed E-state index contributed by atoms with van der Waals surface area (Å²) in [5, 5.41) is 10.1. The van der Waals surface area contributed by atoms with Gasteiger partial charge in [-0.25, -0.2) is 9.98 Å². The fraction of sp³-hybridized carbons (Fsp3) is 0.118. The molecule has 2 aromatic carbocycles. The van der Waals surface area contributed by atoms with E-state index in [1.165, 1.54) is 17.3 Å². The Balaban J connectivity index is 2.14. The third-order valence-electron chi connectivity index (χ3n) is 3.31. The predicted octanol–water partition coefficient (Wildman–Crippen LogP) is 4.07. The minimum atomic E-state index is 0.648. The fourth-order valence-electron chi connectivity index (χ4n) is 2.25. The smallest absolute Gasteiger partial charge is 0.161 e. The molecule has 3 rings (SSSR count). The Morgan fingerprint density at radius 1 is 1.14 bits per heavy atom. The lowest BCUT2D eigenvalue weighted by molar-refractivity contribution is 1.42. The molecule has 0 spiro atoms. The monoisotopic (exact) mass is 291 g/mol. The zero-order chi connectivity index (χ0) is 14.8. The number of benzene rings is 2. The van der Waals surface area contributed by atoms with Crippen LogP contribution in [0.5, 0.6) is 0 Å². The highest BCUT2D eigenvalue weighted by atomic mass is 32.2. The second kappa shape index (κ2) is 5.55. The first-order valence-corrected chi connectivity index (χ1v) is 7.77. The van der Waals surface area contributed by atoms with Crippen LogP contribution in [-0.2, 0) is 0 Å². The number of amidine groups is 1. The average Bonchev–Trinajstić information content (AvgIpc) is 2.87. The van der Waals surface area contributed by atoms with Crippen LogP contribution >= 0.6 is 11.8 Å². The number of hydrogen-bond acceptors (Lipinski definition) is 3. The highest BCUT2D eigenvalue weighted by Crippen LogP contribution is 2.29. The van der Waals surface area contributed by atoms with Crippen molar-refractivity contribution < 1.29 is 0 Å². The van der Waals surface area contributed by atoms with E-state index in [2.05, 4.69) is 16.1 Å². The van der Waals surface area contributed by atoms with Crippen molar-refractivity contribution in [2.24, 2.45) is 9.98 Å². The SMILES string of the molecule is CSC1=NC(=Nc2ccc(C)cc2)c2cccc(C#N)c21. The Morgan fingerprint density at radius 2 is 1.90 bits per heavy atom. The van der Waals surface area contributed by atoms with Gasteiger partial charge in [0.2, 0.25) is 0 Å². The molecule has 21 heavy (non-hydrogen) atoms. The molecule has 0 bridgehead atoms. The lowest BCUT2D eigenvalue weighted by Gasteiger charge is -2.02. The second-order valence-electron chi connectivity index (χ2n) is 4.73. The summed E-state index contributed by atoms with van der Waals surface area (Å²) in [5.41, 5.74) is 4.55. The number of aryl methyl sites for hydroxylation is 1. The van der Waals surface area contributed by atoms with Gasteiger partial charge in [-0.15, -0.1) is 11.8 Å². The first-order chi connectivity index (χ1) is 10.2. The van der Waals surface area contributed by atoms with E-state index in [1.54, 1.807) is 0 Å². The molecule has 0 radical (unpaired) electrons. The minimum Gasteiger partial charge on any atom is -0.229 e. The number of hydrogen-bond donors (Lipinski definition) is 0. The number of thioether (sulfide) groups is 1. The summed E-state index contributed by atoms with van der Waals surface area (Å²) in [6.45, 7) is 2.05. The Morgan fingerprint density at radius 3 is 2.57 bits per heavy atom. The van der Waals surface area contributed by atoms with Gasteiger partial charge in [0.25, 0.3) is 0 Å². The van der Waals surface area contributed by atoms with Crippen LogP contribution in [0.25, 0.3) is 0 Å². The molecule has 0 fully saturated rings. The third kappa shape index (κ3) is 2.48. The van der Waals surface area contributed by atoms with Crippen LogP contribution < -0.4 is 0 Å². The van der Waals surface area contributed by atoms with Gasteiger partial charge < -0.3 is 0 Å². The van der Waals surface area contributed by atoms with Crippen LogP contribution in [0, 0.1) is 18.3 Å². The molecule has 0 saturated heterocycles. The highest BCUT2D eigenvalue weighted by molar-refractivity contribution is 8.13. The molecule has 0 saturated carbocycles. The Kier molecular flexibility index (Phi) is 3.59. The minimum absolute atomic E-state index is 0.648. The standard InChI is InChI=1S/C17H13N3S/c1-11-6-8-13(9-7-11)19-16-14-5-3-4-12(10-18)15(14)17(20-16)21-2/h3-9H,1-2H3. The first-order valence-electron chi connectivity index (χ1n) is 6.55. The van der Waals surface area contributed by atoms with E-state index in [0.717, 1.165) is 21.9 Å². The van der Waals surface area contributed by atoms with Crippen molar-refractivity contribution in [1.82, 2.24) is 0 Å². The number of nitriles is 1. The molecule has 0 aromatic heterocycles. The highest BCUT2D eigenvalue weighted by Gasteiger charge is 2.24. The summed E-state index contributed by atoms with van der Waals surface area (Å²) in [7, 11) is 0. The molecule has 1 aliphatic heterocycles. The van der Waals surface area contributed by atoms with Crippen molar-refractivity contribution in [3.05, 3.63) is 64.7 Å². The number of rotatable bonds is 1. The Hall–Kier alpha value is -2.38. The molecule has 1 heterocycles. The van der Waals surface area contributed by atoms with Gasteiger partial charge in [-0.3, -0.25) is 0 Å². The summed E-state index contributed by atoms with van der Waals surface area (Å²) < 4.78 is 0. The lowest BCUT2D eigenvalue weighted by Crippen LogP contribution is -1.98. The zero-order valence-electron chi connectivity index (χ0n) is 11.8. The van der Waals surface area contributed by atoms with Gasteiger partial charge in [-0.2, -0.15) is 5.26 Å². The van der Waals surface area contributed by atoms with Crippen LogP contribution in [0.3, 0.4) is 0 Å². The van der Waals surface area contributed by atoms with Crippen molar-refractivity contribution >= 4 is 28.3 Å². The summed E-state index contributed by atoms with van der Waals surface area (Å²) >= 11 is 1.54. The molecule has 0 atom stereocenters. The van der Waals surface area contributed by atoms with Gasteiger partial charge in [-0.05, 0) is 31.4 Å². The van der Waals surface area contributed by atoms with Crippen LogP contribution in [0.1, 0.15) is 22.3 Å². The van der Waals surface area contributed by atoms with Gasteiger partial charge in [0.15, 0.2) is 5.84 Å². The molecule has 4 heteroatoms. The molecule has 0 N–H and O–H groups in total. The van der Waals surface area contributed by atoms with Crippen molar-refractivity contribution in [3.8, 4) is 6.07 Å². The normalized spacial score (nSPS) is 14.7. The number of fused-ring (bicyclic) bond motifs is 1. The summed E-state index contributed by atoms with van der Waals surface area (Å²) in [4.78, 5) is 9.20.